The van der Waals surface area contributed by atoms with Gasteiger partial charge in [-0.3, -0.25) is 9.59 Å². The number of hydrogen-bond donors (Lipinski definition) is 1. The molecular weight excluding hydrogens is 494 g/mol. The molecule has 0 aromatic heterocycles. The SMILES string of the molecule is C[C@H](CO)N1C[C@H](C)[C@H](CN(C)C(=O)c2ccccc2)OCCCC[C@H](C)Oc2ccc(N(C)C)cc2C1=O. The third-order valence-electron chi connectivity index (χ3n) is 7.37. The van der Waals surface area contributed by atoms with Crippen molar-refractivity contribution in [1.29, 1.82) is 0 Å². The molecule has 8 heteroatoms. The number of amides is 2. The minimum Gasteiger partial charge on any atom is -0.490 e. The van der Waals surface area contributed by atoms with Crippen molar-refractivity contribution < 1.29 is 24.2 Å². The minimum atomic E-state index is -0.412. The summed E-state index contributed by atoms with van der Waals surface area (Å²) in [6.45, 7) is 7.04. The third-order valence-corrected chi connectivity index (χ3v) is 7.37. The molecule has 8 nitrogen and oxygen atoms in total. The van der Waals surface area contributed by atoms with Crippen LogP contribution in [0.25, 0.3) is 0 Å². The monoisotopic (exact) mass is 539 g/mol. The summed E-state index contributed by atoms with van der Waals surface area (Å²) in [6, 6.07) is 14.5. The Morgan fingerprint density at radius 3 is 2.49 bits per heavy atom. The van der Waals surface area contributed by atoms with Gasteiger partial charge >= 0.3 is 0 Å². The number of carbonyl (C=O) groups is 2. The van der Waals surface area contributed by atoms with E-state index in [1.165, 1.54) is 0 Å². The van der Waals surface area contributed by atoms with E-state index in [0.717, 1.165) is 24.9 Å². The van der Waals surface area contributed by atoms with Crippen LogP contribution in [0.15, 0.2) is 48.5 Å². The Morgan fingerprint density at radius 2 is 1.82 bits per heavy atom. The zero-order valence-electron chi connectivity index (χ0n) is 24.3. The fourth-order valence-corrected chi connectivity index (χ4v) is 4.81. The summed E-state index contributed by atoms with van der Waals surface area (Å²) < 4.78 is 12.6. The molecule has 2 amide bonds. The Bertz CT molecular complexity index is 1080. The number of ether oxygens (including phenoxy) is 2. The zero-order valence-corrected chi connectivity index (χ0v) is 24.3. The lowest BCUT2D eigenvalue weighted by Gasteiger charge is -2.36. The van der Waals surface area contributed by atoms with Crippen molar-refractivity contribution in [2.45, 2.75) is 58.3 Å². The molecule has 0 unspecified atom stereocenters. The summed E-state index contributed by atoms with van der Waals surface area (Å²) >= 11 is 0. The number of benzene rings is 2. The average molecular weight is 540 g/mol. The third kappa shape index (κ3) is 8.19. The van der Waals surface area contributed by atoms with Crippen LogP contribution in [0.2, 0.25) is 0 Å². The molecule has 0 saturated carbocycles. The lowest BCUT2D eigenvalue weighted by atomic mass is 10.0. The first-order valence-electron chi connectivity index (χ1n) is 13.9. The van der Waals surface area contributed by atoms with Crippen LogP contribution in [0.1, 0.15) is 60.7 Å². The molecule has 0 fully saturated rings. The van der Waals surface area contributed by atoms with E-state index >= 15 is 0 Å². The van der Waals surface area contributed by atoms with Gasteiger partial charge in [0.2, 0.25) is 0 Å². The smallest absolute Gasteiger partial charge is 0.258 e. The van der Waals surface area contributed by atoms with Crippen molar-refractivity contribution in [1.82, 2.24) is 9.80 Å². The van der Waals surface area contributed by atoms with Crippen molar-refractivity contribution in [3.05, 3.63) is 59.7 Å². The number of likely N-dealkylation sites (N-methyl/N-ethyl adjacent to an activating group) is 1. The Balaban J connectivity index is 1.93. The topological polar surface area (TPSA) is 82.6 Å². The first kappa shape index (κ1) is 30.4. The van der Waals surface area contributed by atoms with Gasteiger partial charge in [0.05, 0.1) is 30.4 Å². The summed E-state index contributed by atoms with van der Waals surface area (Å²) in [5, 5.41) is 10.1. The second-order valence-corrected chi connectivity index (χ2v) is 10.9. The molecule has 1 heterocycles. The van der Waals surface area contributed by atoms with E-state index in [9.17, 15) is 14.7 Å². The van der Waals surface area contributed by atoms with Gasteiger partial charge in [-0.2, -0.15) is 0 Å². The number of carbonyl (C=O) groups excluding carboxylic acids is 2. The molecular formula is C31H45N3O5. The van der Waals surface area contributed by atoms with Crippen molar-refractivity contribution in [3.63, 3.8) is 0 Å². The number of hydrogen-bond acceptors (Lipinski definition) is 6. The summed E-state index contributed by atoms with van der Waals surface area (Å²) in [7, 11) is 5.66. The number of nitrogens with zero attached hydrogens (tertiary/aromatic N) is 3. The quantitative estimate of drug-likeness (QED) is 0.589. The fourth-order valence-electron chi connectivity index (χ4n) is 4.81. The van der Waals surface area contributed by atoms with Gasteiger partial charge in [-0.25, -0.2) is 0 Å². The molecule has 2 aromatic rings. The fraction of sp³-hybridized carbons (Fsp3) is 0.548. The molecule has 39 heavy (non-hydrogen) atoms. The molecule has 1 aliphatic heterocycles. The second-order valence-electron chi connectivity index (χ2n) is 10.9. The van der Waals surface area contributed by atoms with Crippen LogP contribution in [-0.2, 0) is 4.74 Å². The molecule has 0 bridgehead atoms. The van der Waals surface area contributed by atoms with Gasteiger partial charge in [0, 0.05) is 58.0 Å². The average Bonchev–Trinajstić information content (AvgIpc) is 2.93. The zero-order chi connectivity index (χ0) is 28.5. The second kappa shape index (κ2) is 14.3. The maximum absolute atomic E-state index is 14.1. The van der Waals surface area contributed by atoms with Crippen LogP contribution in [0.4, 0.5) is 5.69 Å². The van der Waals surface area contributed by atoms with Crippen molar-refractivity contribution in [2.75, 3.05) is 52.3 Å². The van der Waals surface area contributed by atoms with Crippen LogP contribution < -0.4 is 9.64 Å². The predicted octanol–water partition coefficient (Wildman–Crippen LogP) is 4.32. The van der Waals surface area contributed by atoms with E-state index in [1.54, 1.807) is 16.8 Å². The first-order valence-corrected chi connectivity index (χ1v) is 13.9. The van der Waals surface area contributed by atoms with E-state index in [0.29, 0.717) is 36.6 Å². The molecule has 1 N–H and O–H groups in total. The highest BCUT2D eigenvalue weighted by atomic mass is 16.5. The first-order chi connectivity index (χ1) is 18.6. The molecule has 4 atom stereocenters. The highest BCUT2D eigenvalue weighted by molar-refractivity contribution is 5.98. The Labute approximate surface area is 233 Å². The van der Waals surface area contributed by atoms with Gasteiger partial charge in [0.1, 0.15) is 5.75 Å². The molecule has 214 valence electrons. The normalized spacial score (nSPS) is 21.8. The van der Waals surface area contributed by atoms with Gasteiger partial charge < -0.3 is 29.3 Å². The largest absolute Gasteiger partial charge is 0.490 e. The van der Waals surface area contributed by atoms with Gasteiger partial charge in [0.15, 0.2) is 0 Å². The number of aliphatic hydroxyl groups is 1. The van der Waals surface area contributed by atoms with Crippen molar-refractivity contribution in [2.24, 2.45) is 5.92 Å². The standard InChI is InChI=1S/C31H45N3O5/c1-22-19-34(23(2)21-35)31(37)27-18-26(32(4)5)15-16-28(27)39-24(3)12-10-11-17-38-29(22)20-33(6)30(36)25-13-8-7-9-14-25/h7-9,13-16,18,22-24,29,35H,10-12,17,19-21H2,1-6H3/t22-,23+,24-,29-/m0/s1. The van der Waals surface area contributed by atoms with E-state index in [2.05, 4.69) is 0 Å². The lowest BCUT2D eigenvalue weighted by Crippen LogP contribution is -2.48. The minimum absolute atomic E-state index is 0.0708. The maximum atomic E-state index is 14.1. The molecule has 0 spiro atoms. The van der Waals surface area contributed by atoms with Crippen LogP contribution >= 0.6 is 0 Å². The van der Waals surface area contributed by atoms with Crippen molar-refractivity contribution in [3.8, 4) is 5.75 Å². The van der Waals surface area contributed by atoms with Crippen LogP contribution in [0.5, 0.6) is 5.75 Å². The van der Waals surface area contributed by atoms with Gasteiger partial charge in [-0.15, -0.1) is 0 Å². The van der Waals surface area contributed by atoms with Gasteiger partial charge in [0.25, 0.3) is 11.8 Å². The van der Waals surface area contributed by atoms with Gasteiger partial charge in [-0.05, 0) is 63.4 Å². The summed E-state index contributed by atoms with van der Waals surface area (Å²) in [6.07, 6.45) is 2.27. The highest BCUT2D eigenvalue weighted by Crippen LogP contribution is 2.29. The Hall–Kier alpha value is -3.10. The Morgan fingerprint density at radius 1 is 1.10 bits per heavy atom. The molecule has 2 aromatic carbocycles. The van der Waals surface area contributed by atoms with Gasteiger partial charge in [-0.1, -0.05) is 25.1 Å². The number of anilines is 1. The number of rotatable bonds is 6. The molecule has 1 aliphatic rings. The summed E-state index contributed by atoms with van der Waals surface area (Å²) in [5.41, 5.74) is 2.00. The molecule has 0 radical (unpaired) electrons. The van der Waals surface area contributed by atoms with Crippen LogP contribution in [0, 0.1) is 5.92 Å². The summed E-state index contributed by atoms with van der Waals surface area (Å²) in [5.74, 6) is 0.189. The number of aliphatic hydroxyl groups excluding tert-OH is 1. The molecule has 0 saturated heterocycles. The van der Waals surface area contributed by atoms with Crippen LogP contribution in [0.3, 0.4) is 0 Å². The predicted molar refractivity (Wildman–Crippen MR) is 155 cm³/mol. The Kier molecular flexibility index (Phi) is 11.2. The highest BCUT2D eigenvalue weighted by Gasteiger charge is 2.31. The molecule has 0 aliphatic carbocycles. The maximum Gasteiger partial charge on any atom is 0.258 e. The van der Waals surface area contributed by atoms with E-state index in [-0.39, 0.29) is 36.5 Å². The van der Waals surface area contributed by atoms with E-state index in [4.69, 9.17) is 9.47 Å². The van der Waals surface area contributed by atoms with Crippen molar-refractivity contribution >= 4 is 17.5 Å². The van der Waals surface area contributed by atoms with Crippen LogP contribution in [-0.4, -0.2) is 92.4 Å². The van der Waals surface area contributed by atoms with E-state index < -0.39 is 6.04 Å². The lowest BCUT2D eigenvalue weighted by molar-refractivity contribution is -0.0149. The summed E-state index contributed by atoms with van der Waals surface area (Å²) in [4.78, 5) is 32.5. The van der Waals surface area contributed by atoms with E-state index in [1.807, 2.05) is 88.3 Å². The molecule has 3 rings (SSSR count). The number of fused-ring (bicyclic) bond motifs is 1.